The number of amides is 1. The van der Waals surface area contributed by atoms with Gasteiger partial charge in [-0.1, -0.05) is 36.4 Å². The van der Waals surface area contributed by atoms with Crippen molar-refractivity contribution in [3.63, 3.8) is 0 Å². The quantitative estimate of drug-likeness (QED) is 0.578. The number of rotatable bonds is 7. The highest BCUT2D eigenvalue weighted by molar-refractivity contribution is 7.92. The van der Waals surface area contributed by atoms with Crippen LogP contribution in [0.1, 0.15) is 36.1 Å². The number of carbonyl (C=O) groups excluding carboxylic acids is 1. The number of anilines is 1. The normalized spacial score (nSPS) is 13.9. The number of sulfonamides is 1. The zero-order valence-electron chi connectivity index (χ0n) is 17.8. The second-order valence-electron chi connectivity index (χ2n) is 7.97. The van der Waals surface area contributed by atoms with E-state index in [0.29, 0.717) is 0 Å². The van der Waals surface area contributed by atoms with E-state index in [1.165, 1.54) is 47.5 Å². The molecule has 4 rings (SSSR count). The number of nitrogens with one attached hydrogen (secondary N) is 1. The molecule has 0 fully saturated rings. The minimum absolute atomic E-state index is 0.0591. The van der Waals surface area contributed by atoms with Gasteiger partial charge in [0.2, 0.25) is 5.91 Å². The summed E-state index contributed by atoms with van der Waals surface area (Å²) in [6, 6.07) is 18.9. The summed E-state index contributed by atoms with van der Waals surface area (Å²) in [5.74, 6) is -0.928. The Bertz CT molecular complexity index is 1210. The molecule has 0 aromatic heterocycles. The third kappa shape index (κ3) is 4.67. The first-order chi connectivity index (χ1) is 15.3. The Morgan fingerprint density at radius 1 is 1.00 bits per heavy atom. The predicted octanol–water partition coefficient (Wildman–Crippen LogP) is 4.39. The van der Waals surface area contributed by atoms with Crippen molar-refractivity contribution in [1.82, 2.24) is 5.32 Å². The number of nitrogens with zero attached hydrogens (tertiary/aromatic N) is 1. The van der Waals surface area contributed by atoms with Crippen LogP contribution in [0.25, 0.3) is 0 Å². The average molecular weight is 453 g/mol. The third-order valence-corrected chi connectivity index (χ3v) is 7.52. The van der Waals surface area contributed by atoms with Crippen molar-refractivity contribution in [3.05, 3.63) is 95.3 Å². The lowest BCUT2D eigenvalue weighted by atomic mass is 10.0. The number of carbonyl (C=O) groups is 1. The summed E-state index contributed by atoms with van der Waals surface area (Å²) in [7, 11) is -4.02. The van der Waals surface area contributed by atoms with E-state index in [4.69, 9.17) is 0 Å². The molecule has 0 heterocycles. The molecule has 0 saturated heterocycles. The molecule has 1 amide bonds. The van der Waals surface area contributed by atoms with Crippen molar-refractivity contribution in [2.45, 2.75) is 37.1 Å². The highest BCUT2D eigenvalue weighted by Crippen LogP contribution is 2.26. The summed E-state index contributed by atoms with van der Waals surface area (Å²) in [6.07, 6.45) is 3.27. The Hall–Kier alpha value is -3.19. The maximum Gasteiger partial charge on any atom is 0.264 e. The van der Waals surface area contributed by atoms with E-state index in [1.807, 2.05) is 13.0 Å². The van der Waals surface area contributed by atoms with Crippen LogP contribution in [-0.4, -0.2) is 20.9 Å². The van der Waals surface area contributed by atoms with Gasteiger partial charge in [0.05, 0.1) is 16.6 Å². The molecule has 166 valence electrons. The van der Waals surface area contributed by atoms with Crippen LogP contribution >= 0.6 is 0 Å². The van der Waals surface area contributed by atoms with Gasteiger partial charge < -0.3 is 5.32 Å². The summed E-state index contributed by atoms with van der Waals surface area (Å²) in [6.45, 7) is 1.46. The Kier molecular flexibility index (Phi) is 6.28. The molecule has 1 N–H and O–H groups in total. The van der Waals surface area contributed by atoms with Crippen molar-refractivity contribution in [2.75, 3.05) is 10.8 Å². The van der Waals surface area contributed by atoms with Gasteiger partial charge in [-0.15, -0.1) is 0 Å². The first kappa shape index (κ1) is 22.0. The van der Waals surface area contributed by atoms with Crippen LogP contribution in [0.5, 0.6) is 0 Å². The molecule has 0 aliphatic heterocycles. The highest BCUT2D eigenvalue weighted by atomic mass is 32.2. The molecule has 7 heteroatoms. The van der Waals surface area contributed by atoms with Gasteiger partial charge in [-0.25, -0.2) is 12.8 Å². The Labute approximate surface area is 187 Å². The number of aryl methyl sites for hydroxylation is 2. The number of hydrogen-bond donors (Lipinski definition) is 1. The maximum absolute atomic E-state index is 13.4. The predicted molar refractivity (Wildman–Crippen MR) is 122 cm³/mol. The average Bonchev–Trinajstić information content (AvgIpc) is 3.26. The molecule has 5 nitrogen and oxygen atoms in total. The molecule has 0 bridgehead atoms. The van der Waals surface area contributed by atoms with E-state index in [2.05, 4.69) is 17.4 Å². The fraction of sp³-hybridized carbons (Fsp3) is 0.240. The van der Waals surface area contributed by atoms with Crippen LogP contribution in [0.15, 0.2) is 77.7 Å². The monoisotopic (exact) mass is 452 g/mol. The van der Waals surface area contributed by atoms with E-state index in [1.54, 1.807) is 18.2 Å². The van der Waals surface area contributed by atoms with Gasteiger partial charge in [0.25, 0.3) is 10.0 Å². The molecule has 3 aromatic rings. The number of benzene rings is 3. The van der Waals surface area contributed by atoms with Crippen LogP contribution in [0.3, 0.4) is 0 Å². The van der Waals surface area contributed by atoms with Gasteiger partial charge in [0.15, 0.2) is 0 Å². The van der Waals surface area contributed by atoms with Crippen LogP contribution in [-0.2, 0) is 27.7 Å². The molecule has 0 radical (unpaired) electrons. The minimum Gasteiger partial charge on any atom is -0.348 e. The number of halogens is 1. The van der Waals surface area contributed by atoms with Crippen molar-refractivity contribution >= 4 is 21.6 Å². The Balaban J connectivity index is 1.56. The fourth-order valence-corrected chi connectivity index (χ4v) is 5.45. The van der Waals surface area contributed by atoms with E-state index in [9.17, 15) is 17.6 Å². The van der Waals surface area contributed by atoms with Crippen LogP contribution in [0, 0.1) is 5.82 Å². The third-order valence-electron chi connectivity index (χ3n) is 5.73. The summed E-state index contributed by atoms with van der Waals surface area (Å²) in [5.41, 5.74) is 3.86. The van der Waals surface area contributed by atoms with E-state index in [-0.39, 0.29) is 16.6 Å². The van der Waals surface area contributed by atoms with Crippen molar-refractivity contribution < 1.29 is 17.6 Å². The first-order valence-corrected chi connectivity index (χ1v) is 12.0. The molecule has 1 aliphatic carbocycles. The molecule has 0 saturated carbocycles. The molecular weight excluding hydrogens is 427 g/mol. The topological polar surface area (TPSA) is 66.5 Å². The number of hydrogen-bond acceptors (Lipinski definition) is 3. The van der Waals surface area contributed by atoms with E-state index < -0.39 is 28.3 Å². The Morgan fingerprint density at radius 2 is 1.69 bits per heavy atom. The molecule has 0 spiro atoms. The summed E-state index contributed by atoms with van der Waals surface area (Å²) >= 11 is 0. The number of fused-ring (bicyclic) bond motifs is 1. The lowest BCUT2D eigenvalue weighted by molar-refractivity contribution is -0.120. The van der Waals surface area contributed by atoms with Crippen molar-refractivity contribution in [3.8, 4) is 0 Å². The standard InChI is InChI=1S/C25H25FN2O3S/c1-18(20-11-10-19-6-5-7-21(19)16-20)27-25(29)17-28(23-14-12-22(26)13-15-23)32(30,31)24-8-3-2-4-9-24/h2-4,8-16,18H,5-7,17H2,1H3,(H,27,29). The molecule has 1 atom stereocenters. The smallest absolute Gasteiger partial charge is 0.264 e. The molecular formula is C25H25FN2O3S. The summed E-state index contributed by atoms with van der Waals surface area (Å²) in [4.78, 5) is 13.0. The zero-order chi connectivity index (χ0) is 22.7. The first-order valence-electron chi connectivity index (χ1n) is 10.6. The lowest BCUT2D eigenvalue weighted by Gasteiger charge is -2.25. The van der Waals surface area contributed by atoms with Gasteiger partial charge in [0, 0.05) is 0 Å². The van der Waals surface area contributed by atoms with E-state index in [0.717, 1.165) is 29.1 Å². The van der Waals surface area contributed by atoms with Crippen molar-refractivity contribution in [1.29, 1.82) is 0 Å². The second-order valence-corrected chi connectivity index (χ2v) is 9.83. The lowest BCUT2D eigenvalue weighted by Crippen LogP contribution is -2.41. The van der Waals surface area contributed by atoms with Gasteiger partial charge in [0.1, 0.15) is 12.4 Å². The summed E-state index contributed by atoms with van der Waals surface area (Å²) < 4.78 is 41.0. The van der Waals surface area contributed by atoms with Gasteiger partial charge in [-0.05, 0) is 79.3 Å². The fourth-order valence-electron chi connectivity index (χ4n) is 4.00. The molecule has 1 aliphatic rings. The van der Waals surface area contributed by atoms with Crippen LogP contribution < -0.4 is 9.62 Å². The second kappa shape index (κ2) is 9.12. The van der Waals surface area contributed by atoms with Crippen molar-refractivity contribution in [2.24, 2.45) is 0 Å². The van der Waals surface area contributed by atoms with Gasteiger partial charge in [-0.2, -0.15) is 0 Å². The van der Waals surface area contributed by atoms with Crippen LogP contribution in [0.4, 0.5) is 10.1 Å². The molecule has 32 heavy (non-hydrogen) atoms. The van der Waals surface area contributed by atoms with E-state index >= 15 is 0 Å². The van der Waals surface area contributed by atoms with Crippen LogP contribution in [0.2, 0.25) is 0 Å². The maximum atomic E-state index is 13.4. The minimum atomic E-state index is -4.02. The molecule has 3 aromatic carbocycles. The Morgan fingerprint density at radius 3 is 2.41 bits per heavy atom. The van der Waals surface area contributed by atoms with Gasteiger partial charge >= 0.3 is 0 Å². The summed E-state index contributed by atoms with van der Waals surface area (Å²) in [5, 5.41) is 2.90. The SMILES string of the molecule is CC(NC(=O)CN(c1ccc(F)cc1)S(=O)(=O)c1ccccc1)c1ccc2c(c1)CCC2. The molecule has 1 unspecified atom stereocenters. The highest BCUT2D eigenvalue weighted by Gasteiger charge is 2.27. The largest absolute Gasteiger partial charge is 0.348 e. The zero-order valence-corrected chi connectivity index (χ0v) is 18.6. The van der Waals surface area contributed by atoms with Gasteiger partial charge in [-0.3, -0.25) is 9.10 Å².